The summed E-state index contributed by atoms with van der Waals surface area (Å²) in [5.41, 5.74) is 3.66. The van der Waals surface area contributed by atoms with E-state index in [1.165, 1.54) is 19.9 Å². The number of aryl methyl sites for hydroxylation is 2. The molecule has 1 aromatic heterocycles. The first-order valence-corrected chi connectivity index (χ1v) is 8.88. The number of carbonyl (C=O) groups excluding carboxylic acids is 3. The Bertz CT molecular complexity index is 940. The van der Waals surface area contributed by atoms with E-state index >= 15 is 0 Å². The van der Waals surface area contributed by atoms with Crippen LogP contribution in [-0.4, -0.2) is 28.6 Å². The van der Waals surface area contributed by atoms with Crippen molar-refractivity contribution in [2.45, 2.75) is 40.7 Å². The third-order valence-electron chi connectivity index (χ3n) is 4.31. The minimum Gasteiger partial charge on any atom is -0.451 e. The highest BCUT2D eigenvalue weighted by Gasteiger charge is 2.25. The van der Waals surface area contributed by atoms with Gasteiger partial charge in [0.15, 0.2) is 11.9 Å². The molecule has 1 atom stereocenters. The molecule has 0 saturated carbocycles. The smallest absolute Gasteiger partial charge is 0.331 e. The number of benzene rings is 1. The first-order valence-electron chi connectivity index (χ1n) is 8.51. The van der Waals surface area contributed by atoms with E-state index in [0.29, 0.717) is 21.8 Å². The Labute approximate surface area is 163 Å². The Morgan fingerprint density at radius 2 is 1.85 bits per heavy atom. The SMILES string of the molecule is CC(=O)c1c(C)[nH]c(C(=O)[C@H](C)OC(=O)/C=C/c2ccc(C)c(Cl)c2)c1C. The second-order valence-electron chi connectivity index (χ2n) is 6.47. The highest BCUT2D eigenvalue weighted by Crippen LogP contribution is 2.21. The van der Waals surface area contributed by atoms with Crippen LogP contribution in [0.15, 0.2) is 24.3 Å². The number of halogens is 1. The van der Waals surface area contributed by atoms with Gasteiger partial charge in [-0.3, -0.25) is 9.59 Å². The van der Waals surface area contributed by atoms with Crippen molar-refractivity contribution in [3.05, 3.63) is 62.9 Å². The average Bonchev–Trinajstić information content (AvgIpc) is 2.89. The van der Waals surface area contributed by atoms with Crippen molar-refractivity contribution in [2.24, 2.45) is 0 Å². The molecule has 0 spiro atoms. The lowest BCUT2D eigenvalue weighted by Gasteiger charge is -2.10. The Morgan fingerprint density at radius 1 is 1.19 bits per heavy atom. The van der Waals surface area contributed by atoms with E-state index in [1.54, 1.807) is 26.0 Å². The Morgan fingerprint density at radius 3 is 2.41 bits per heavy atom. The molecule has 0 aliphatic rings. The molecule has 0 saturated heterocycles. The van der Waals surface area contributed by atoms with Crippen molar-refractivity contribution in [1.82, 2.24) is 4.98 Å². The van der Waals surface area contributed by atoms with Crippen molar-refractivity contribution in [3.63, 3.8) is 0 Å². The number of hydrogen-bond acceptors (Lipinski definition) is 4. The van der Waals surface area contributed by atoms with E-state index in [0.717, 1.165) is 11.1 Å². The first kappa shape index (κ1) is 20.6. The number of nitrogens with one attached hydrogen (secondary N) is 1. The summed E-state index contributed by atoms with van der Waals surface area (Å²) in [4.78, 5) is 39.2. The highest BCUT2D eigenvalue weighted by atomic mass is 35.5. The average molecular weight is 388 g/mol. The van der Waals surface area contributed by atoms with Crippen LogP contribution in [0.3, 0.4) is 0 Å². The maximum absolute atomic E-state index is 12.6. The van der Waals surface area contributed by atoms with Gasteiger partial charge >= 0.3 is 5.97 Å². The van der Waals surface area contributed by atoms with Gasteiger partial charge in [-0.25, -0.2) is 4.79 Å². The predicted octanol–water partition coefficient (Wildman–Crippen LogP) is 4.62. The zero-order chi connectivity index (χ0) is 20.3. The standard InChI is InChI=1S/C21H22ClNO4/c1-11-6-7-16(10-17(11)22)8-9-18(25)27-15(5)21(26)20-12(2)19(14(4)24)13(3)23-20/h6-10,15,23H,1-5H3/b9-8+/t15-/m0/s1. The lowest BCUT2D eigenvalue weighted by molar-refractivity contribution is -0.140. The van der Waals surface area contributed by atoms with E-state index in [4.69, 9.17) is 16.3 Å². The van der Waals surface area contributed by atoms with Crippen LogP contribution >= 0.6 is 11.6 Å². The molecular formula is C21H22ClNO4. The fourth-order valence-electron chi connectivity index (χ4n) is 2.87. The molecule has 0 radical (unpaired) electrons. The molecule has 1 N–H and O–H groups in total. The first-order chi connectivity index (χ1) is 12.6. The van der Waals surface area contributed by atoms with Gasteiger partial charge in [-0.05, 0) is 63.5 Å². The van der Waals surface area contributed by atoms with Gasteiger partial charge in [-0.2, -0.15) is 0 Å². The third kappa shape index (κ3) is 4.74. The summed E-state index contributed by atoms with van der Waals surface area (Å²) in [6.07, 6.45) is 1.83. The zero-order valence-corrected chi connectivity index (χ0v) is 16.7. The lowest BCUT2D eigenvalue weighted by atomic mass is 10.0. The summed E-state index contributed by atoms with van der Waals surface area (Å²) >= 11 is 6.05. The van der Waals surface area contributed by atoms with Crippen LogP contribution in [0.1, 0.15) is 57.1 Å². The Hall–Kier alpha value is -2.66. The number of aromatic nitrogens is 1. The molecule has 142 valence electrons. The van der Waals surface area contributed by atoms with Crippen LogP contribution < -0.4 is 0 Å². The maximum Gasteiger partial charge on any atom is 0.331 e. The van der Waals surface area contributed by atoms with Crippen LogP contribution in [-0.2, 0) is 9.53 Å². The van der Waals surface area contributed by atoms with Crippen molar-refractivity contribution < 1.29 is 19.1 Å². The molecule has 0 fully saturated rings. The molecular weight excluding hydrogens is 366 g/mol. The molecule has 0 bridgehead atoms. The molecule has 0 aliphatic heterocycles. The summed E-state index contributed by atoms with van der Waals surface area (Å²) in [5, 5.41) is 0.605. The molecule has 2 aromatic rings. The lowest BCUT2D eigenvalue weighted by Crippen LogP contribution is -2.24. The minimum absolute atomic E-state index is 0.121. The topological polar surface area (TPSA) is 76.2 Å². The molecule has 6 heteroatoms. The summed E-state index contributed by atoms with van der Waals surface area (Å²) in [7, 11) is 0. The third-order valence-corrected chi connectivity index (χ3v) is 4.71. The second kappa shape index (κ2) is 8.35. The van der Waals surface area contributed by atoms with Crippen LogP contribution in [0.4, 0.5) is 0 Å². The summed E-state index contributed by atoms with van der Waals surface area (Å²) < 4.78 is 5.19. The highest BCUT2D eigenvalue weighted by molar-refractivity contribution is 6.31. The number of aromatic amines is 1. The maximum atomic E-state index is 12.6. The number of H-pyrrole nitrogens is 1. The van der Waals surface area contributed by atoms with Crippen molar-refractivity contribution in [1.29, 1.82) is 0 Å². The number of ketones is 2. The molecule has 1 heterocycles. The van der Waals surface area contributed by atoms with Gasteiger partial charge in [0.1, 0.15) is 0 Å². The molecule has 0 aliphatic carbocycles. The van der Waals surface area contributed by atoms with Gasteiger partial charge in [0.05, 0.1) is 5.69 Å². The van der Waals surface area contributed by atoms with Crippen LogP contribution in [0.25, 0.3) is 6.08 Å². The number of hydrogen-bond donors (Lipinski definition) is 1. The molecule has 0 amide bonds. The van der Waals surface area contributed by atoms with Gasteiger partial charge < -0.3 is 9.72 Å². The van der Waals surface area contributed by atoms with Crippen molar-refractivity contribution in [3.8, 4) is 0 Å². The quantitative estimate of drug-likeness (QED) is 0.445. The van der Waals surface area contributed by atoms with Gasteiger partial charge in [0.2, 0.25) is 5.78 Å². The van der Waals surface area contributed by atoms with Crippen molar-refractivity contribution in [2.75, 3.05) is 0 Å². The van der Waals surface area contributed by atoms with E-state index in [2.05, 4.69) is 4.98 Å². The molecule has 2 rings (SSSR count). The number of ether oxygens (including phenoxy) is 1. The largest absolute Gasteiger partial charge is 0.451 e. The predicted molar refractivity (Wildman–Crippen MR) is 105 cm³/mol. The normalized spacial score (nSPS) is 12.2. The Kier molecular flexibility index (Phi) is 6.39. The fourth-order valence-corrected chi connectivity index (χ4v) is 3.06. The zero-order valence-electron chi connectivity index (χ0n) is 16.0. The van der Waals surface area contributed by atoms with Gasteiger partial charge in [0, 0.05) is 22.4 Å². The fraction of sp³-hybridized carbons (Fsp3) is 0.286. The second-order valence-corrected chi connectivity index (χ2v) is 6.87. The number of esters is 1. The van der Waals surface area contributed by atoms with E-state index < -0.39 is 12.1 Å². The summed E-state index contributed by atoms with van der Waals surface area (Å²) in [5.74, 6) is -1.15. The van der Waals surface area contributed by atoms with Gasteiger partial charge in [-0.15, -0.1) is 0 Å². The van der Waals surface area contributed by atoms with Crippen molar-refractivity contribution >= 4 is 35.2 Å². The van der Waals surface area contributed by atoms with Crippen LogP contribution in [0.2, 0.25) is 5.02 Å². The molecule has 1 aromatic carbocycles. The van der Waals surface area contributed by atoms with Gasteiger partial charge in [-0.1, -0.05) is 23.7 Å². The monoisotopic (exact) mass is 387 g/mol. The number of rotatable bonds is 6. The molecule has 27 heavy (non-hydrogen) atoms. The molecule has 0 unspecified atom stereocenters. The Balaban J connectivity index is 2.09. The minimum atomic E-state index is -0.986. The summed E-state index contributed by atoms with van der Waals surface area (Å²) in [6, 6.07) is 5.42. The van der Waals surface area contributed by atoms with Gasteiger partial charge in [0.25, 0.3) is 0 Å². The van der Waals surface area contributed by atoms with E-state index in [9.17, 15) is 14.4 Å². The molecule has 5 nitrogen and oxygen atoms in total. The number of Topliss-reactive ketones (excluding diaryl/α,β-unsaturated/α-hetero) is 2. The van der Waals surface area contributed by atoms with E-state index in [1.807, 2.05) is 19.1 Å². The summed E-state index contributed by atoms with van der Waals surface area (Å²) in [6.45, 7) is 8.26. The van der Waals surface area contributed by atoms with E-state index in [-0.39, 0.29) is 17.3 Å². The number of carbonyl (C=O) groups is 3. The van der Waals surface area contributed by atoms with Crippen LogP contribution in [0.5, 0.6) is 0 Å². The van der Waals surface area contributed by atoms with Crippen LogP contribution in [0, 0.1) is 20.8 Å².